The summed E-state index contributed by atoms with van der Waals surface area (Å²) in [6, 6.07) is 6.85. The summed E-state index contributed by atoms with van der Waals surface area (Å²) < 4.78 is 18.1. The molecule has 2 aromatic rings. The number of halogens is 2. The first-order valence-electron chi connectivity index (χ1n) is 6.13. The van der Waals surface area contributed by atoms with Crippen LogP contribution in [0.4, 0.5) is 4.39 Å². The van der Waals surface area contributed by atoms with Crippen LogP contribution < -0.4 is 15.6 Å². The lowest BCUT2D eigenvalue weighted by Crippen LogP contribution is -2.43. The number of rotatable bonds is 4. The zero-order valence-corrected chi connectivity index (χ0v) is 11.9. The van der Waals surface area contributed by atoms with Gasteiger partial charge in [-0.25, -0.2) is 4.39 Å². The predicted molar refractivity (Wildman–Crippen MR) is 76.8 cm³/mol. The summed E-state index contributed by atoms with van der Waals surface area (Å²) in [4.78, 5) is 27.0. The first-order valence-corrected chi connectivity index (χ1v) is 6.51. The maximum Gasteiger partial charge on any atom is 0.276 e. The van der Waals surface area contributed by atoms with E-state index in [-0.39, 0.29) is 17.4 Å². The van der Waals surface area contributed by atoms with Crippen molar-refractivity contribution < 1.29 is 18.7 Å². The van der Waals surface area contributed by atoms with E-state index in [9.17, 15) is 14.0 Å². The van der Waals surface area contributed by atoms with Crippen LogP contribution in [0.25, 0.3) is 0 Å². The molecule has 0 aliphatic carbocycles. The highest BCUT2D eigenvalue weighted by atomic mass is 35.5. The van der Waals surface area contributed by atoms with Crippen LogP contribution in [0.2, 0.25) is 5.02 Å². The number of nitrogens with one attached hydrogen (secondary N) is 2. The molecule has 1 aromatic carbocycles. The summed E-state index contributed by atoms with van der Waals surface area (Å²) in [6.07, 6.45) is 2.88. The Balaban J connectivity index is 1.78. The Labute approximate surface area is 130 Å². The molecule has 0 saturated heterocycles. The molecule has 0 atom stereocenters. The molecule has 0 aliphatic rings. The molecule has 0 unspecified atom stereocenters. The SMILES string of the molecule is O=C(COc1ccc(F)c(Cl)c1)NNC(=O)c1cccnc1. The van der Waals surface area contributed by atoms with E-state index in [1.54, 1.807) is 12.1 Å². The molecular formula is C14H11ClFN3O3. The molecule has 2 N–H and O–H groups in total. The van der Waals surface area contributed by atoms with E-state index in [0.717, 1.165) is 6.07 Å². The molecule has 22 heavy (non-hydrogen) atoms. The fourth-order valence-corrected chi connectivity index (χ4v) is 1.62. The smallest absolute Gasteiger partial charge is 0.276 e. The van der Waals surface area contributed by atoms with Gasteiger partial charge in [-0.3, -0.25) is 25.4 Å². The van der Waals surface area contributed by atoms with Crippen molar-refractivity contribution in [2.75, 3.05) is 6.61 Å². The average Bonchev–Trinajstić information content (AvgIpc) is 2.54. The van der Waals surface area contributed by atoms with Crippen LogP contribution in [-0.2, 0) is 4.79 Å². The summed E-state index contributed by atoms with van der Waals surface area (Å²) in [7, 11) is 0. The van der Waals surface area contributed by atoms with E-state index >= 15 is 0 Å². The summed E-state index contributed by atoms with van der Waals surface area (Å²) >= 11 is 5.58. The number of nitrogens with zero attached hydrogens (tertiary/aromatic N) is 1. The number of carbonyl (C=O) groups is 2. The number of hydrogen-bond acceptors (Lipinski definition) is 4. The number of benzene rings is 1. The van der Waals surface area contributed by atoms with E-state index in [2.05, 4.69) is 15.8 Å². The molecule has 8 heteroatoms. The van der Waals surface area contributed by atoms with Crippen molar-refractivity contribution in [3.05, 3.63) is 59.1 Å². The minimum absolute atomic E-state index is 0.109. The molecule has 0 saturated carbocycles. The highest BCUT2D eigenvalue weighted by Crippen LogP contribution is 2.20. The van der Waals surface area contributed by atoms with Crippen LogP contribution in [0.1, 0.15) is 10.4 Å². The number of hydrogen-bond donors (Lipinski definition) is 2. The summed E-state index contributed by atoms with van der Waals surface area (Å²) in [5, 5.41) is -0.109. The van der Waals surface area contributed by atoms with Crippen molar-refractivity contribution >= 4 is 23.4 Å². The maximum atomic E-state index is 12.9. The van der Waals surface area contributed by atoms with E-state index in [0.29, 0.717) is 5.56 Å². The van der Waals surface area contributed by atoms with Crippen molar-refractivity contribution in [2.24, 2.45) is 0 Å². The van der Waals surface area contributed by atoms with Gasteiger partial charge in [-0.2, -0.15) is 0 Å². The topological polar surface area (TPSA) is 80.3 Å². The standard InChI is InChI=1S/C14H11ClFN3O3/c15-11-6-10(3-4-12(11)16)22-8-13(20)18-19-14(21)9-2-1-5-17-7-9/h1-7H,8H2,(H,18,20)(H,19,21). The maximum absolute atomic E-state index is 12.9. The molecule has 0 bridgehead atoms. The molecule has 1 heterocycles. The zero-order valence-electron chi connectivity index (χ0n) is 11.2. The van der Waals surface area contributed by atoms with Gasteiger partial charge < -0.3 is 4.74 Å². The van der Waals surface area contributed by atoms with Gasteiger partial charge in [-0.05, 0) is 24.3 Å². The third-order valence-corrected chi connectivity index (χ3v) is 2.79. The number of aromatic nitrogens is 1. The second kappa shape index (κ2) is 7.37. The minimum atomic E-state index is -0.585. The Hall–Kier alpha value is -2.67. The Morgan fingerprint density at radius 1 is 1.27 bits per heavy atom. The lowest BCUT2D eigenvalue weighted by atomic mass is 10.3. The van der Waals surface area contributed by atoms with E-state index < -0.39 is 17.6 Å². The van der Waals surface area contributed by atoms with E-state index in [1.165, 1.54) is 24.5 Å². The van der Waals surface area contributed by atoms with Crippen molar-refractivity contribution in [3.8, 4) is 5.75 Å². The van der Waals surface area contributed by atoms with Gasteiger partial charge in [-0.15, -0.1) is 0 Å². The zero-order chi connectivity index (χ0) is 15.9. The lowest BCUT2D eigenvalue weighted by molar-refractivity contribution is -0.123. The fourth-order valence-electron chi connectivity index (χ4n) is 1.45. The number of hydrazine groups is 1. The Morgan fingerprint density at radius 3 is 2.77 bits per heavy atom. The summed E-state index contributed by atoms with van der Waals surface area (Å²) in [5.41, 5.74) is 4.69. The van der Waals surface area contributed by atoms with Gasteiger partial charge in [0.15, 0.2) is 6.61 Å². The van der Waals surface area contributed by atoms with Crippen molar-refractivity contribution in [2.45, 2.75) is 0 Å². The Morgan fingerprint density at radius 2 is 2.09 bits per heavy atom. The van der Waals surface area contributed by atoms with Crippen LogP contribution in [0, 0.1) is 5.82 Å². The number of ether oxygens (including phenoxy) is 1. The van der Waals surface area contributed by atoms with Gasteiger partial charge in [0.25, 0.3) is 11.8 Å². The molecule has 1 aromatic heterocycles. The summed E-state index contributed by atoms with van der Waals surface area (Å²) in [6.45, 7) is -0.366. The quantitative estimate of drug-likeness (QED) is 0.839. The average molecular weight is 324 g/mol. The molecule has 6 nitrogen and oxygen atoms in total. The van der Waals surface area contributed by atoms with Crippen LogP contribution in [0.5, 0.6) is 5.75 Å². The highest BCUT2D eigenvalue weighted by Gasteiger charge is 2.08. The molecule has 2 rings (SSSR count). The second-order valence-corrected chi connectivity index (χ2v) is 4.52. The van der Waals surface area contributed by atoms with Crippen molar-refractivity contribution in [1.29, 1.82) is 0 Å². The molecule has 0 fully saturated rings. The Bertz CT molecular complexity index is 682. The van der Waals surface area contributed by atoms with E-state index in [1.807, 2.05) is 0 Å². The number of carbonyl (C=O) groups excluding carboxylic acids is 2. The molecular weight excluding hydrogens is 313 g/mol. The molecule has 0 radical (unpaired) electrons. The van der Waals surface area contributed by atoms with Gasteiger partial charge >= 0.3 is 0 Å². The molecule has 114 valence electrons. The molecule has 0 spiro atoms. The fraction of sp³-hybridized carbons (Fsp3) is 0.0714. The lowest BCUT2D eigenvalue weighted by Gasteiger charge is -2.09. The third kappa shape index (κ3) is 4.42. The van der Waals surface area contributed by atoms with Gasteiger partial charge in [0.1, 0.15) is 11.6 Å². The monoisotopic (exact) mass is 323 g/mol. The largest absolute Gasteiger partial charge is 0.484 e. The van der Waals surface area contributed by atoms with Gasteiger partial charge in [-0.1, -0.05) is 11.6 Å². The van der Waals surface area contributed by atoms with E-state index in [4.69, 9.17) is 16.3 Å². The molecule has 0 aliphatic heterocycles. The van der Waals surface area contributed by atoms with Gasteiger partial charge in [0, 0.05) is 18.5 Å². The van der Waals surface area contributed by atoms with Crippen molar-refractivity contribution in [3.63, 3.8) is 0 Å². The van der Waals surface area contributed by atoms with Crippen LogP contribution in [0.15, 0.2) is 42.7 Å². The number of pyridine rings is 1. The first-order chi connectivity index (χ1) is 10.6. The van der Waals surface area contributed by atoms with Crippen LogP contribution in [-0.4, -0.2) is 23.4 Å². The van der Waals surface area contributed by atoms with Gasteiger partial charge in [0.2, 0.25) is 0 Å². The highest BCUT2D eigenvalue weighted by molar-refractivity contribution is 6.30. The minimum Gasteiger partial charge on any atom is -0.484 e. The third-order valence-electron chi connectivity index (χ3n) is 2.50. The summed E-state index contributed by atoms with van der Waals surface area (Å²) in [5.74, 6) is -1.44. The van der Waals surface area contributed by atoms with Crippen LogP contribution >= 0.6 is 11.6 Å². The molecule has 2 amide bonds. The Kier molecular flexibility index (Phi) is 5.26. The normalized spacial score (nSPS) is 9.91. The van der Waals surface area contributed by atoms with Gasteiger partial charge in [0.05, 0.1) is 10.6 Å². The second-order valence-electron chi connectivity index (χ2n) is 4.11. The first kappa shape index (κ1) is 15.7. The number of amides is 2. The van der Waals surface area contributed by atoms with Crippen molar-refractivity contribution in [1.82, 2.24) is 15.8 Å². The predicted octanol–water partition coefficient (Wildman–Crippen LogP) is 1.71. The van der Waals surface area contributed by atoms with Crippen LogP contribution in [0.3, 0.4) is 0 Å².